The Hall–Kier alpha value is -3.41. The van der Waals surface area contributed by atoms with E-state index >= 15 is 0 Å². The summed E-state index contributed by atoms with van der Waals surface area (Å²) in [4.78, 5) is 19.5. The Labute approximate surface area is 205 Å². The predicted molar refractivity (Wildman–Crippen MR) is 137 cm³/mol. The molecule has 6 heteroatoms. The van der Waals surface area contributed by atoms with Gasteiger partial charge >= 0.3 is 0 Å². The van der Waals surface area contributed by atoms with Crippen molar-refractivity contribution in [2.75, 3.05) is 7.11 Å². The van der Waals surface area contributed by atoms with Gasteiger partial charge in [0.05, 0.1) is 23.4 Å². The summed E-state index contributed by atoms with van der Waals surface area (Å²) < 4.78 is 7.78. The normalized spacial score (nSPS) is 17.0. The van der Waals surface area contributed by atoms with Crippen LogP contribution in [0.1, 0.15) is 34.7 Å². The Morgan fingerprint density at radius 3 is 2.56 bits per heavy atom. The summed E-state index contributed by atoms with van der Waals surface area (Å²) in [5.41, 5.74) is 6.62. The first-order chi connectivity index (χ1) is 16.6. The van der Waals surface area contributed by atoms with Crippen LogP contribution in [0, 0.1) is 0 Å². The lowest BCUT2D eigenvalue weighted by Crippen LogP contribution is -2.38. The summed E-state index contributed by atoms with van der Waals surface area (Å²) in [5, 5.41) is 0.679. The number of nitrogens with zero attached hydrogens (tertiary/aromatic N) is 2. The van der Waals surface area contributed by atoms with Crippen molar-refractivity contribution < 1.29 is 4.74 Å². The summed E-state index contributed by atoms with van der Waals surface area (Å²) in [6.45, 7) is 0. The van der Waals surface area contributed by atoms with E-state index in [2.05, 4.69) is 24.3 Å². The van der Waals surface area contributed by atoms with Crippen molar-refractivity contribution in [1.82, 2.24) is 4.57 Å². The molecule has 4 aromatic rings. The molecule has 0 saturated heterocycles. The smallest absolute Gasteiger partial charge is 0.271 e. The highest BCUT2D eigenvalue weighted by atomic mass is 35.5. The molecule has 0 N–H and O–H groups in total. The van der Waals surface area contributed by atoms with Gasteiger partial charge in [-0.3, -0.25) is 9.36 Å². The minimum Gasteiger partial charge on any atom is -0.497 e. The van der Waals surface area contributed by atoms with Crippen molar-refractivity contribution in [2.24, 2.45) is 4.99 Å². The van der Waals surface area contributed by atoms with Gasteiger partial charge in [-0.1, -0.05) is 71.5 Å². The number of halogens is 1. The van der Waals surface area contributed by atoms with E-state index in [1.54, 1.807) is 7.11 Å². The molecule has 6 rings (SSSR count). The number of thiazole rings is 1. The highest BCUT2D eigenvalue weighted by Gasteiger charge is 2.32. The summed E-state index contributed by atoms with van der Waals surface area (Å²) in [6.07, 6.45) is 3.73. The first kappa shape index (κ1) is 21.1. The molecular weight excluding hydrogens is 464 g/mol. The average Bonchev–Trinajstić information content (AvgIpc) is 3.18. The van der Waals surface area contributed by atoms with Gasteiger partial charge in [0.15, 0.2) is 4.80 Å². The maximum absolute atomic E-state index is 13.7. The van der Waals surface area contributed by atoms with Crippen molar-refractivity contribution in [3.63, 3.8) is 0 Å². The molecule has 1 aliphatic carbocycles. The summed E-state index contributed by atoms with van der Waals surface area (Å²) >= 11 is 7.63. The first-order valence-corrected chi connectivity index (χ1v) is 12.3. The molecule has 2 aliphatic rings. The molecular formula is C28H21ClN2O2S. The molecule has 0 amide bonds. The molecule has 1 aliphatic heterocycles. The van der Waals surface area contributed by atoms with Crippen molar-refractivity contribution in [2.45, 2.75) is 18.9 Å². The fourth-order valence-corrected chi connectivity index (χ4v) is 5.95. The van der Waals surface area contributed by atoms with Gasteiger partial charge in [-0.25, -0.2) is 4.99 Å². The van der Waals surface area contributed by atoms with Crippen LogP contribution >= 0.6 is 22.9 Å². The quantitative estimate of drug-likeness (QED) is 0.411. The van der Waals surface area contributed by atoms with E-state index in [1.165, 1.54) is 22.5 Å². The van der Waals surface area contributed by atoms with E-state index < -0.39 is 0 Å². The van der Waals surface area contributed by atoms with Crippen molar-refractivity contribution in [3.8, 4) is 5.75 Å². The molecule has 0 unspecified atom stereocenters. The van der Waals surface area contributed by atoms with Crippen LogP contribution in [0.25, 0.3) is 11.8 Å². The number of ether oxygens (including phenoxy) is 1. The van der Waals surface area contributed by atoms with Crippen LogP contribution < -0.4 is 19.6 Å². The number of fused-ring (bicyclic) bond motifs is 3. The van der Waals surface area contributed by atoms with Gasteiger partial charge < -0.3 is 4.74 Å². The second-order valence-electron chi connectivity index (χ2n) is 8.44. The van der Waals surface area contributed by atoms with E-state index in [0.717, 1.165) is 45.8 Å². The van der Waals surface area contributed by atoms with Crippen LogP contribution in [0.5, 0.6) is 5.75 Å². The third kappa shape index (κ3) is 3.52. The van der Waals surface area contributed by atoms with Gasteiger partial charge in [-0.15, -0.1) is 0 Å². The third-order valence-electron chi connectivity index (χ3n) is 6.47. The van der Waals surface area contributed by atoms with Crippen LogP contribution in [-0.4, -0.2) is 11.7 Å². The van der Waals surface area contributed by atoms with Gasteiger partial charge in [-0.05, 0) is 65.4 Å². The van der Waals surface area contributed by atoms with Gasteiger partial charge in [0, 0.05) is 10.6 Å². The lowest BCUT2D eigenvalue weighted by molar-refractivity contribution is 0.415. The molecule has 0 spiro atoms. The highest BCUT2D eigenvalue weighted by molar-refractivity contribution is 7.07. The highest BCUT2D eigenvalue weighted by Crippen LogP contribution is 2.41. The lowest BCUT2D eigenvalue weighted by atomic mass is 9.83. The van der Waals surface area contributed by atoms with Gasteiger partial charge in [0.2, 0.25) is 0 Å². The van der Waals surface area contributed by atoms with Crippen LogP contribution in [0.3, 0.4) is 0 Å². The van der Waals surface area contributed by atoms with Crippen LogP contribution in [0.4, 0.5) is 0 Å². The number of aromatic nitrogens is 1. The second-order valence-corrected chi connectivity index (χ2v) is 9.88. The monoisotopic (exact) mass is 484 g/mol. The van der Waals surface area contributed by atoms with E-state index in [0.29, 0.717) is 9.55 Å². The zero-order chi connectivity index (χ0) is 23.2. The number of aryl methyl sites for hydroxylation is 1. The summed E-state index contributed by atoms with van der Waals surface area (Å²) in [7, 11) is 1.64. The molecule has 4 nitrogen and oxygen atoms in total. The maximum atomic E-state index is 13.7. The largest absolute Gasteiger partial charge is 0.497 e. The zero-order valence-electron chi connectivity index (χ0n) is 18.5. The maximum Gasteiger partial charge on any atom is 0.271 e. The Bertz CT molecular complexity index is 1610. The number of hydrogen-bond acceptors (Lipinski definition) is 4. The average molecular weight is 485 g/mol. The molecule has 3 aromatic carbocycles. The number of rotatable bonds is 3. The number of hydrogen-bond donors (Lipinski definition) is 0. The number of benzene rings is 3. The van der Waals surface area contributed by atoms with Crippen LogP contribution in [0.2, 0.25) is 5.02 Å². The molecule has 1 aromatic heterocycles. The summed E-state index contributed by atoms with van der Waals surface area (Å²) in [5.74, 6) is 0.785. The van der Waals surface area contributed by atoms with E-state index in [9.17, 15) is 4.79 Å². The number of methoxy groups -OCH3 is 1. The Kier molecular flexibility index (Phi) is 5.24. The topological polar surface area (TPSA) is 43.6 Å². The molecule has 0 bridgehead atoms. The van der Waals surface area contributed by atoms with Crippen LogP contribution in [-0.2, 0) is 6.42 Å². The Morgan fingerprint density at radius 1 is 1.03 bits per heavy atom. The molecule has 0 saturated carbocycles. The Morgan fingerprint density at radius 2 is 1.79 bits per heavy atom. The van der Waals surface area contributed by atoms with Gasteiger partial charge in [0.1, 0.15) is 5.75 Å². The first-order valence-electron chi connectivity index (χ1n) is 11.1. The van der Waals surface area contributed by atoms with E-state index in [1.807, 2.05) is 59.2 Å². The van der Waals surface area contributed by atoms with Crippen LogP contribution in [0.15, 0.2) is 88.2 Å². The molecule has 0 radical (unpaired) electrons. The third-order valence-corrected chi connectivity index (χ3v) is 7.71. The van der Waals surface area contributed by atoms with E-state index in [-0.39, 0.29) is 11.6 Å². The zero-order valence-corrected chi connectivity index (χ0v) is 20.1. The fraction of sp³-hybridized carbons (Fsp3) is 0.143. The minimum atomic E-state index is -0.199. The Balaban J connectivity index is 1.59. The predicted octanol–water partition coefficient (Wildman–Crippen LogP) is 4.98. The van der Waals surface area contributed by atoms with Gasteiger partial charge in [0.25, 0.3) is 5.56 Å². The van der Waals surface area contributed by atoms with E-state index in [4.69, 9.17) is 21.3 Å². The SMILES string of the molecule is COc1ccc(/C=c2/sc3n(c2=O)[C@@H](c2ccc(Cl)cc2)C2=C(N=3)c3ccccc3CC2)cc1. The number of allylic oxidation sites excluding steroid dienone is 1. The molecule has 34 heavy (non-hydrogen) atoms. The molecule has 168 valence electrons. The van der Waals surface area contributed by atoms with Crippen molar-refractivity contribution >= 4 is 34.7 Å². The minimum absolute atomic E-state index is 0.0232. The van der Waals surface area contributed by atoms with Crippen molar-refractivity contribution in [1.29, 1.82) is 0 Å². The molecule has 2 heterocycles. The standard InChI is InChI=1S/C28H21ClN2O2S/c1-33-21-13-6-17(7-14-21)16-24-27(32)31-26(19-8-11-20(29)12-9-19)23-15-10-18-4-2-3-5-22(18)25(23)30-28(31)34-24/h2-9,11-14,16,26H,10,15H2,1H3/b24-16+/t26-/m0/s1. The lowest BCUT2D eigenvalue weighted by Gasteiger charge is -2.30. The second kappa shape index (κ2) is 8.42. The van der Waals surface area contributed by atoms with Gasteiger partial charge in [-0.2, -0.15) is 0 Å². The summed E-state index contributed by atoms with van der Waals surface area (Å²) in [6, 6.07) is 23.8. The van der Waals surface area contributed by atoms with Crippen molar-refractivity contribution in [3.05, 3.63) is 125 Å². The molecule has 0 fully saturated rings. The fourth-order valence-electron chi connectivity index (χ4n) is 4.82. The molecule has 1 atom stereocenters.